The van der Waals surface area contributed by atoms with Crippen LogP contribution in [0.2, 0.25) is 0 Å². The largest absolute Gasteiger partial charge is 0.350 e. The molecule has 0 aromatic heterocycles. The summed E-state index contributed by atoms with van der Waals surface area (Å²) in [5, 5.41) is 6.23. The van der Waals surface area contributed by atoms with Crippen molar-refractivity contribution in [2.75, 3.05) is 13.1 Å². The zero-order valence-corrected chi connectivity index (χ0v) is 14.5. The summed E-state index contributed by atoms with van der Waals surface area (Å²) in [6.07, 6.45) is 0. The van der Waals surface area contributed by atoms with Gasteiger partial charge in [-0.15, -0.1) is 11.8 Å². The smallest absolute Gasteiger partial charge is 0.251 e. The van der Waals surface area contributed by atoms with Crippen LogP contribution in [-0.2, 0) is 5.75 Å². The molecule has 2 aromatic rings. The van der Waals surface area contributed by atoms with Gasteiger partial charge in [0.15, 0.2) is 0 Å². The molecule has 0 saturated carbocycles. The summed E-state index contributed by atoms with van der Waals surface area (Å²) >= 11 is 1.80. The van der Waals surface area contributed by atoms with Crippen LogP contribution in [0.5, 0.6) is 0 Å². The predicted octanol–water partition coefficient (Wildman–Crippen LogP) is 3.71. The SMILES string of the molecule is CCN[C@H](C)CNC(=O)c1ccc(CSc2ccccc2)cc1. The Bertz CT molecular complexity index is 599. The standard InChI is InChI=1S/C19H24N2OS/c1-3-20-15(2)13-21-19(22)17-11-9-16(10-12-17)14-23-18-7-5-4-6-8-18/h4-12,15,20H,3,13-14H2,1-2H3,(H,21,22)/t15-/m1/s1. The van der Waals surface area contributed by atoms with Crippen LogP contribution < -0.4 is 10.6 Å². The maximum Gasteiger partial charge on any atom is 0.251 e. The van der Waals surface area contributed by atoms with Crippen molar-refractivity contribution in [1.29, 1.82) is 0 Å². The quantitative estimate of drug-likeness (QED) is 0.726. The van der Waals surface area contributed by atoms with E-state index in [1.807, 2.05) is 42.5 Å². The molecule has 2 rings (SSSR count). The van der Waals surface area contributed by atoms with E-state index in [0.29, 0.717) is 12.1 Å². The van der Waals surface area contributed by atoms with Crippen LogP contribution in [0.25, 0.3) is 0 Å². The van der Waals surface area contributed by atoms with E-state index >= 15 is 0 Å². The lowest BCUT2D eigenvalue weighted by Gasteiger charge is -2.13. The molecule has 1 atom stereocenters. The molecule has 4 heteroatoms. The van der Waals surface area contributed by atoms with E-state index in [4.69, 9.17) is 0 Å². The second-order valence-electron chi connectivity index (χ2n) is 5.47. The van der Waals surface area contributed by atoms with Crippen molar-refractivity contribution in [1.82, 2.24) is 10.6 Å². The third kappa shape index (κ3) is 6.08. The molecule has 0 fully saturated rings. The third-order valence-corrected chi connectivity index (χ3v) is 4.57. The van der Waals surface area contributed by atoms with Gasteiger partial charge in [0.25, 0.3) is 5.91 Å². The van der Waals surface area contributed by atoms with Gasteiger partial charge in [-0.05, 0) is 43.3 Å². The van der Waals surface area contributed by atoms with Crippen molar-refractivity contribution in [3.05, 3.63) is 65.7 Å². The lowest BCUT2D eigenvalue weighted by Crippen LogP contribution is -2.38. The molecule has 0 aliphatic carbocycles. The van der Waals surface area contributed by atoms with E-state index in [9.17, 15) is 4.79 Å². The van der Waals surface area contributed by atoms with Gasteiger partial charge in [0.05, 0.1) is 0 Å². The summed E-state index contributed by atoms with van der Waals surface area (Å²) < 4.78 is 0. The van der Waals surface area contributed by atoms with E-state index in [2.05, 4.69) is 36.6 Å². The van der Waals surface area contributed by atoms with Gasteiger partial charge in [0.1, 0.15) is 0 Å². The van der Waals surface area contributed by atoms with Crippen LogP contribution in [0.1, 0.15) is 29.8 Å². The summed E-state index contributed by atoms with van der Waals surface area (Å²) in [5.41, 5.74) is 1.93. The fourth-order valence-corrected chi connectivity index (χ4v) is 3.08. The number of rotatable bonds is 8. The van der Waals surface area contributed by atoms with E-state index in [1.54, 1.807) is 11.8 Å². The summed E-state index contributed by atoms with van der Waals surface area (Å²) in [6.45, 7) is 5.67. The van der Waals surface area contributed by atoms with E-state index < -0.39 is 0 Å². The average molecular weight is 328 g/mol. The highest BCUT2D eigenvalue weighted by Gasteiger charge is 2.07. The molecule has 1 amide bonds. The summed E-state index contributed by atoms with van der Waals surface area (Å²) in [6, 6.07) is 18.5. The second-order valence-corrected chi connectivity index (χ2v) is 6.52. The Hall–Kier alpha value is -1.78. The van der Waals surface area contributed by atoms with Crippen LogP contribution in [-0.4, -0.2) is 25.0 Å². The zero-order chi connectivity index (χ0) is 16.5. The Kier molecular flexibility index (Phi) is 7.17. The molecule has 0 heterocycles. The number of carbonyl (C=O) groups is 1. The van der Waals surface area contributed by atoms with Gasteiger partial charge in [0.2, 0.25) is 0 Å². The highest BCUT2D eigenvalue weighted by atomic mass is 32.2. The Balaban J connectivity index is 1.82. The molecule has 0 bridgehead atoms. The van der Waals surface area contributed by atoms with Crippen molar-refractivity contribution < 1.29 is 4.79 Å². The Morgan fingerprint density at radius 1 is 1.09 bits per heavy atom. The minimum absolute atomic E-state index is 0.0167. The second kappa shape index (κ2) is 9.38. The molecule has 0 unspecified atom stereocenters. The number of benzene rings is 2. The lowest BCUT2D eigenvalue weighted by molar-refractivity contribution is 0.0950. The molecule has 0 aliphatic rings. The van der Waals surface area contributed by atoms with Gasteiger partial charge in [-0.2, -0.15) is 0 Å². The number of thioether (sulfide) groups is 1. The van der Waals surface area contributed by atoms with Gasteiger partial charge < -0.3 is 10.6 Å². The molecule has 0 radical (unpaired) electrons. The Morgan fingerprint density at radius 2 is 1.78 bits per heavy atom. The highest BCUT2D eigenvalue weighted by molar-refractivity contribution is 7.98. The summed E-state index contributed by atoms with van der Waals surface area (Å²) in [7, 11) is 0. The van der Waals surface area contributed by atoms with Crippen LogP contribution in [0.3, 0.4) is 0 Å². The van der Waals surface area contributed by atoms with Crippen molar-refractivity contribution in [3.8, 4) is 0 Å². The van der Waals surface area contributed by atoms with Crippen molar-refractivity contribution in [2.24, 2.45) is 0 Å². The van der Waals surface area contributed by atoms with E-state index in [1.165, 1.54) is 10.5 Å². The van der Waals surface area contributed by atoms with Crippen LogP contribution in [0.4, 0.5) is 0 Å². The monoisotopic (exact) mass is 328 g/mol. The Morgan fingerprint density at radius 3 is 2.43 bits per heavy atom. The first-order chi connectivity index (χ1) is 11.2. The number of amides is 1. The van der Waals surface area contributed by atoms with Crippen LogP contribution >= 0.6 is 11.8 Å². The predicted molar refractivity (Wildman–Crippen MR) is 97.9 cm³/mol. The van der Waals surface area contributed by atoms with Crippen LogP contribution in [0.15, 0.2) is 59.5 Å². The first-order valence-corrected chi connectivity index (χ1v) is 8.96. The number of nitrogens with one attached hydrogen (secondary N) is 2. The lowest BCUT2D eigenvalue weighted by atomic mass is 10.1. The third-order valence-electron chi connectivity index (χ3n) is 3.49. The normalized spacial score (nSPS) is 11.9. The number of likely N-dealkylation sites (N-methyl/N-ethyl adjacent to an activating group) is 1. The van der Waals surface area contributed by atoms with Crippen LogP contribution in [0, 0.1) is 0 Å². The summed E-state index contributed by atoms with van der Waals surface area (Å²) in [5.74, 6) is 0.889. The van der Waals surface area contributed by atoms with Gasteiger partial charge in [-0.1, -0.05) is 37.3 Å². The highest BCUT2D eigenvalue weighted by Crippen LogP contribution is 2.22. The van der Waals surface area contributed by atoms with Crippen molar-refractivity contribution in [2.45, 2.75) is 30.5 Å². The molecular weight excluding hydrogens is 304 g/mol. The fraction of sp³-hybridized carbons (Fsp3) is 0.316. The zero-order valence-electron chi connectivity index (χ0n) is 13.7. The minimum atomic E-state index is -0.0167. The first-order valence-electron chi connectivity index (χ1n) is 7.97. The molecule has 0 spiro atoms. The molecule has 23 heavy (non-hydrogen) atoms. The average Bonchev–Trinajstić information content (AvgIpc) is 2.59. The molecule has 0 saturated heterocycles. The van der Waals surface area contributed by atoms with E-state index in [-0.39, 0.29) is 11.9 Å². The number of hydrogen-bond donors (Lipinski definition) is 2. The van der Waals surface area contributed by atoms with E-state index in [0.717, 1.165) is 12.3 Å². The van der Waals surface area contributed by atoms with Gasteiger partial charge in [-0.3, -0.25) is 4.79 Å². The number of carbonyl (C=O) groups excluding carboxylic acids is 1. The van der Waals surface area contributed by atoms with Gasteiger partial charge in [-0.25, -0.2) is 0 Å². The molecule has 122 valence electrons. The first kappa shape index (κ1) is 17.6. The fourth-order valence-electron chi connectivity index (χ4n) is 2.20. The maximum absolute atomic E-state index is 12.1. The van der Waals surface area contributed by atoms with Gasteiger partial charge >= 0.3 is 0 Å². The van der Waals surface area contributed by atoms with Gasteiger partial charge in [0, 0.05) is 28.8 Å². The Labute approximate surface area is 142 Å². The van der Waals surface area contributed by atoms with Crippen molar-refractivity contribution >= 4 is 17.7 Å². The molecule has 3 nitrogen and oxygen atoms in total. The summed E-state index contributed by atoms with van der Waals surface area (Å²) in [4.78, 5) is 13.4. The minimum Gasteiger partial charge on any atom is -0.350 e. The molecule has 0 aliphatic heterocycles. The maximum atomic E-state index is 12.1. The van der Waals surface area contributed by atoms with Crippen molar-refractivity contribution in [3.63, 3.8) is 0 Å². The molecule has 2 N–H and O–H groups in total. The molecular formula is C19H24N2OS. The number of hydrogen-bond acceptors (Lipinski definition) is 3. The topological polar surface area (TPSA) is 41.1 Å². The molecule has 2 aromatic carbocycles.